The molecule has 8 aromatic rings. The lowest BCUT2D eigenvalue weighted by Crippen LogP contribution is -2.55. The Morgan fingerprint density at radius 3 is 0.991 bits per heavy atom. The number of nitrogens with zero attached hydrogens (tertiary/aromatic N) is 1. The van der Waals surface area contributed by atoms with Crippen molar-refractivity contribution in [2.45, 2.75) is 261 Å². The summed E-state index contributed by atoms with van der Waals surface area (Å²) in [4.78, 5) is 2.50. The highest BCUT2D eigenvalue weighted by atomic mass is 16.5. The van der Waals surface area contributed by atoms with Crippen LogP contribution in [0, 0.1) is 23.7 Å². The van der Waals surface area contributed by atoms with Gasteiger partial charge in [0.25, 0.3) is 0 Å². The van der Waals surface area contributed by atoms with E-state index in [1.165, 1.54) is 210 Å². The van der Waals surface area contributed by atoms with Crippen LogP contribution in [0.15, 0.2) is 194 Å². The van der Waals surface area contributed by atoms with Gasteiger partial charge in [0.05, 0.1) is 6.61 Å². The summed E-state index contributed by atoms with van der Waals surface area (Å²) in [6.45, 7) is 15.6. The van der Waals surface area contributed by atoms with Crippen molar-refractivity contribution in [3.8, 4) is 23.0 Å². The van der Waals surface area contributed by atoms with Crippen molar-refractivity contribution in [2.75, 3.05) is 34.8 Å². The van der Waals surface area contributed by atoms with Crippen LogP contribution in [0.5, 0.6) is 23.0 Å². The van der Waals surface area contributed by atoms with E-state index in [0.717, 1.165) is 53.9 Å². The van der Waals surface area contributed by atoms with Crippen molar-refractivity contribution < 1.29 is 18.9 Å². The Balaban J connectivity index is 0.000000126. The maximum atomic E-state index is 6.24. The molecule has 8 bridgehead atoms. The fraction of sp³-hybridized carbons (Fsp3) is 0.510. The molecule has 0 unspecified atom stereocenters. The summed E-state index contributed by atoms with van der Waals surface area (Å²) in [5, 5.41) is 11.4. The quantitative estimate of drug-likeness (QED) is 0.0833. The molecule has 16 rings (SSSR count). The highest BCUT2D eigenvalue weighted by Crippen LogP contribution is 2.53. The highest BCUT2D eigenvalue weighted by molar-refractivity contribution is 5.49. The zero-order valence-electron chi connectivity index (χ0n) is 66.2. The second kappa shape index (κ2) is 35.9. The van der Waals surface area contributed by atoms with Crippen LogP contribution in [0.4, 0.5) is 0 Å². The van der Waals surface area contributed by atoms with Crippen molar-refractivity contribution in [3.63, 3.8) is 0 Å². The first-order chi connectivity index (χ1) is 51.7. The average molecular weight is 1430 g/mol. The minimum absolute atomic E-state index is 0.138. The normalized spacial score (nSPS) is 27.7. The number of likely N-dealkylation sites (N-methyl/N-ethyl adjacent to an activating group) is 3. The van der Waals surface area contributed by atoms with Gasteiger partial charge in [0.1, 0.15) is 42.8 Å². The van der Waals surface area contributed by atoms with E-state index in [1.54, 1.807) is 11.1 Å². The van der Waals surface area contributed by atoms with E-state index in [0.29, 0.717) is 49.9 Å². The SMILES string of the molecule is CCOc1ccc2c(c1)[C@@]1(C)CCCCC[C@@H](C2)[C@@H]1NC.CN(C)[C@H]1[C@H]2CCCCC[C@]1(C)c1cc(OCc3ccccc3)ccc1C2.CN[C@H]1[C@H]2CCCCC[C@]1(C)c1cc(OCc3ccccc3)ccc1C2.C[C@@]12CCCCC[C@@H](Cc3ccc(OCc4ccccc4)cc31)[C@@H]2NCc1ccccc1. The van der Waals surface area contributed by atoms with Gasteiger partial charge in [-0.2, -0.15) is 0 Å². The summed E-state index contributed by atoms with van der Waals surface area (Å²) in [7, 11) is 8.85. The first-order valence-corrected chi connectivity index (χ1v) is 41.6. The molecule has 8 nitrogen and oxygen atoms in total. The summed E-state index contributed by atoms with van der Waals surface area (Å²) in [5.74, 6) is 7.06. The van der Waals surface area contributed by atoms with Gasteiger partial charge in [0.15, 0.2) is 0 Å². The predicted molar refractivity (Wildman–Crippen MR) is 440 cm³/mol. The molecule has 8 heteroatoms. The van der Waals surface area contributed by atoms with Crippen LogP contribution in [0.1, 0.15) is 230 Å². The van der Waals surface area contributed by atoms with Crippen LogP contribution in [0.3, 0.4) is 0 Å². The van der Waals surface area contributed by atoms with Crippen LogP contribution in [-0.2, 0) is 73.7 Å². The van der Waals surface area contributed by atoms with E-state index in [-0.39, 0.29) is 21.7 Å². The van der Waals surface area contributed by atoms with Crippen molar-refractivity contribution in [2.24, 2.45) is 23.7 Å². The molecule has 0 saturated heterocycles. The Bertz CT molecular complexity index is 4050. The Hall–Kier alpha value is -7.20. The predicted octanol–water partition coefficient (Wildman–Crippen LogP) is 21.7. The Morgan fingerprint density at radius 1 is 0.340 bits per heavy atom. The third kappa shape index (κ3) is 17.7. The van der Waals surface area contributed by atoms with Crippen LogP contribution < -0.4 is 34.9 Å². The first-order valence-electron chi connectivity index (χ1n) is 41.6. The fourth-order valence-electron chi connectivity index (χ4n) is 22.0. The Morgan fingerprint density at radius 2 is 0.642 bits per heavy atom. The summed E-state index contributed by atoms with van der Waals surface area (Å²) < 4.78 is 24.3. The Labute approximate surface area is 639 Å². The highest BCUT2D eigenvalue weighted by Gasteiger charge is 2.50. The Kier molecular flexibility index (Phi) is 26.1. The number of benzene rings is 8. The summed E-state index contributed by atoms with van der Waals surface area (Å²) in [5.41, 5.74) is 18.1. The molecule has 0 aliphatic heterocycles. The molecule has 8 aliphatic rings. The minimum Gasteiger partial charge on any atom is -0.494 e. The van der Waals surface area contributed by atoms with Gasteiger partial charge in [-0.3, -0.25) is 0 Å². The zero-order chi connectivity index (χ0) is 73.5. The number of rotatable bonds is 17. The molecule has 4 saturated carbocycles. The minimum atomic E-state index is 0.138. The molecule has 0 heterocycles. The summed E-state index contributed by atoms with van der Waals surface area (Å²) in [6, 6.07) is 71.9. The lowest BCUT2D eigenvalue weighted by atomic mass is 9.59. The van der Waals surface area contributed by atoms with E-state index in [9.17, 15) is 0 Å². The maximum Gasteiger partial charge on any atom is 0.120 e. The topological polar surface area (TPSA) is 76.3 Å². The molecular weight excluding hydrogens is 1300 g/mol. The van der Waals surface area contributed by atoms with E-state index < -0.39 is 0 Å². The largest absolute Gasteiger partial charge is 0.494 e. The number of fused-ring (bicyclic) bond motifs is 16. The fourth-order valence-corrected chi connectivity index (χ4v) is 22.0. The number of nitrogens with one attached hydrogen (secondary N) is 3. The molecule has 0 spiro atoms. The van der Waals surface area contributed by atoms with Gasteiger partial charge < -0.3 is 39.8 Å². The van der Waals surface area contributed by atoms with Crippen LogP contribution in [-0.4, -0.2) is 63.9 Å². The molecule has 106 heavy (non-hydrogen) atoms. The van der Waals surface area contributed by atoms with Gasteiger partial charge in [-0.05, 0) is 251 Å². The van der Waals surface area contributed by atoms with Gasteiger partial charge >= 0.3 is 0 Å². The molecule has 564 valence electrons. The number of hydrogen-bond acceptors (Lipinski definition) is 8. The second-order valence-corrected chi connectivity index (χ2v) is 34.2. The molecule has 0 amide bonds. The number of ether oxygens (including phenoxy) is 4. The molecular formula is C98H128N4O4. The zero-order valence-corrected chi connectivity index (χ0v) is 66.2. The third-order valence-corrected chi connectivity index (χ3v) is 27.0. The van der Waals surface area contributed by atoms with Gasteiger partial charge in [-0.15, -0.1) is 0 Å². The van der Waals surface area contributed by atoms with Crippen LogP contribution in [0.2, 0.25) is 0 Å². The standard InChI is InChI=1S/C30H35NO.C25H33NO.C24H31NO.C19H29NO/c1-30-18-10-4-9-15-26(29(30)31-21-23-11-5-2-6-12-23)19-25-16-17-27(20-28(25)30)32-22-24-13-7-3-8-14-24;1-25-15-9-5-8-12-21(24(25)26(2)3)16-20-13-14-22(17-23(20)25)27-18-19-10-6-4-7-11-19;1-24-14-8-4-7-11-20(23(24)25-2)15-19-12-13-21(16-22(19)24)26-17-18-9-5-3-6-10-18;1-4-21-16-10-9-14-12-15-8-6-5-7-11-19(2,17(14)13-16)18(15)20-3/h2-3,5-8,11-14,16-17,20,26,29,31H,4,9-10,15,18-19,21-22H2,1H3;4,6-7,10-11,13-14,17,21,24H,5,8-9,12,15-16,18H2,1-3H3;3,5-6,9-10,12-13,16,20,23,25H,4,7-8,11,14-15,17H2,1-2H3;9-10,13,15,18,20H,4-8,11-12H2,1-3H3/t26-,29-,30+;21-,24-,25+;20-,23-,24+;15-,18-,19+/m0000/s1. The van der Waals surface area contributed by atoms with Gasteiger partial charge in [0, 0.05) is 52.4 Å². The molecule has 8 aliphatic carbocycles. The van der Waals surface area contributed by atoms with Crippen molar-refractivity contribution >= 4 is 0 Å². The van der Waals surface area contributed by atoms with Crippen molar-refractivity contribution in [1.29, 1.82) is 0 Å². The number of hydrogen-bond donors (Lipinski definition) is 3. The molecule has 0 radical (unpaired) electrons. The van der Waals surface area contributed by atoms with Crippen LogP contribution >= 0.6 is 0 Å². The smallest absolute Gasteiger partial charge is 0.120 e. The lowest BCUT2D eigenvalue weighted by Gasteiger charge is -2.52. The van der Waals surface area contributed by atoms with E-state index >= 15 is 0 Å². The third-order valence-electron chi connectivity index (χ3n) is 27.0. The van der Waals surface area contributed by atoms with Gasteiger partial charge in [-0.1, -0.05) is 250 Å². The summed E-state index contributed by atoms with van der Waals surface area (Å²) in [6.07, 6.45) is 31.7. The van der Waals surface area contributed by atoms with Gasteiger partial charge in [0.2, 0.25) is 0 Å². The molecule has 3 N–H and O–H groups in total. The van der Waals surface area contributed by atoms with E-state index in [1.807, 2.05) is 6.07 Å². The average Bonchev–Trinajstić information content (AvgIpc) is 0.767. The van der Waals surface area contributed by atoms with Gasteiger partial charge in [-0.25, -0.2) is 0 Å². The molecule has 8 aromatic carbocycles. The lowest BCUT2D eigenvalue weighted by molar-refractivity contribution is 0.0825. The van der Waals surface area contributed by atoms with E-state index in [4.69, 9.17) is 18.9 Å². The second-order valence-electron chi connectivity index (χ2n) is 34.2. The van der Waals surface area contributed by atoms with E-state index in [2.05, 4.69) is 272 Å². The van der Waals surface area contributed by atoms with Crippen LogP contribution in [0.25, 0.3) is 0 Å². The molecule has 12 atom stereocenters. The van der Waals surface area contributed by atoms with Crippen molar-refractivity contribution in [1.82, 2.24) is 20.9 Å². The first kappa shape index (κ1) is 77.0. The van der Waals surface area contributed by atoms with Crippen molar-refractivity contribution in [3.05, 3.63) is 261 Å². The maximum absolute atomic E-state index is 6.24. The summed E-state index contributed by atoms with van der Waals surface area (Å²) >= 11 is 0. The molecule has 0 aromatic heterocycles. The monoisotopic (exact) mass is 1420 g/mol. The molecule has 4 fully saturated rings.